The largest absolute Gasteiger partial charge is 0.490 e. The predicted molar refractivity (Wildman–Crippen MR) is 118 cm³/mol. The highest BCUT2D eigenvalue weighted by Gasteiger charge is 2.19. The second kappa shape index (κ2) is 10.6. The van der Waals surface area contributed by atoms with Crippen molar-refractivity contribution in [3.8, 4) is 28.6 Å². The summed E-state index contributed by atoms with van der Waals surface area (Å²) in [6.45, 7) is 8.97. The summed E-state index contributed by atoms with van der Waals surface area (Å²) in [4.78, 5) is 12.7. The summed E-state index contributed by atoms with van der Waals surface area (Å²) in [5.41, 5.74) is 2.47. The van der Waals surface area contributed by atoms with Crippen LogP contribution in [0, 0.1) is 6.92 Å². The van der Waals surface area contributed by atoms with Crippen molar-refractivity contribution in [1.29, 1.82) is 0 Å². The van der Waals surface area contributed by atoms with Gasteiger partial charge in [-0.3, -0.25) is 0 Å². The van der Waals surface area contributed by atoms with Crippen molar-refractivity contribution in [3.63, 3.8) is 0 Å². The number of esters is 1. The molecule has 6 heteroatoms. The number of hydrogen-bond donors (Lipinski definition) is 0. The molecule has 0 fully saturated rings. The third-order valence-corrected chi connectivity index (χ3v) is 4.49. The van der Waals surface area contributed by atoms with Gasteiger partial charge in [-0.05, 0) is 52.0 Å². The van der Waals surface area contributed by atoms with Gasteiger partial charge in [0, 0.05) is 5.56 Å². The van der Waals surface area contributed by atoms with Crippen LogP contribution < -0.4 is 14.2 Å². The van der Waals surface area contributed by atoms with E-state index < -0.39 is 5.97 Å². The van der Waals surface area contributed by atoms with Gasteiger partial charge in [0.05, 0.1) is 25.4 Å². The summed E-state index contributed by atoms with van der Waals surface area (Å²) in [5.74, 6) is 2.16. The Kier molecular flexibility index (Phi) is 7.60. The monoisotopic (exact) mass is 424 g/mol. The van der Waals surface area contributed by atoms with Gasteiger partial charge in [-0.2, -0.15) is 0 Å². The molecule has 1 aromatic heterocycles. The van der Waals surface area contributed by atoms with Crippen molar-refractivity contribution in [2.24, 2.45) is 0 Å². The SMILES string of the molecule is CCOc1cc(C(=O)OCc2ccc(-c3ccc(C)cc3)o2)cc(OCC)c1OCC. The highest BCUT2D eigenvalue weighted by Crippen LogP contribution is 2.39. The van der Waals surface area contributed by atoms with Crippen molar-refractivity contribution in [1.82, 2.24) is 0 Å². The molecular weight excluding hydrogens is 396 g/mol. The van der Waals surface area contributed by atoms with Crippen molar-refractivity contribution in [2.75, 3.05) is 19.8 Å². The molecule has 0 N–H and O–H groups in total. The van der Waals surface area contributed by atoms with E-state index in [9.17, 15) is 4.79 Å². The fourth-order valence-corrected chi connectivity index (χ4v) is 3.06. The van der Waals surface area contributed by atoms with E-state index in [4.69, 9.17) is 23.4 Å². The average molecular weight is 424 g/mol. The van der Waals surface area contributed by atoms with Gasteiger partial charge in [-0.15, -0.1) is 0 Å². The van der Waals surface area contributed by atoms with Crippen LogP contribution in [0.4, 0.5) is 0 Å². The molecule has 6 nitrogen and oxygen atoms in total. The molecule has 0 amide bonds. The summed E-state index contributed by atoms with van der Waals surface area (Å²) >= 11 is 0. The predicted octanol–water partition coefficient (Wildman–Crippen LogP) is 5.81. The van der Waals surface area contributed by atoms with E-state index in [0.717, 1.165) is 11.3 Å². The van der Waals surface area contributed by atoms with E-state index in [1.807, 2.05) is 58.0 Å². The molecule has 31 heavy (non-hydrogen) atoms. The highest BCUT2D eigenvalue weighted by atomic mass is 16.5. The van der Waals surface area contributed by atoms with Crippen molar-refractivity contribution >= 4 is 5.97 Å². The van der Waals surface area contributed by atoms with Gasteiger partial charge in [0.25, 0.3) is 0 Å². The van der Waals surface area contributed by atoms with Gasteiger partial charge in [0.15, 0.2) is 11.5 Å². The molecule has 0 radical (unpaired) electrons. The summed E-state index contributed by atoms with van der Waals surface area (Å²) in [6, 6.07) is 14.9. The molecule has 0 atom stereocenters. The number of carbonyl (C=O) groups excluding carboxylic acids is 1. The minimum atomic E-state index is -0.502. The minimum absolute atomic E-state index is 0.0197. The quantitative estimate of drug-likeness (QED) is 0.383. The lowest BCUT2D eigenvalue weighted by molar-refractivity contribution is 0.0445. The lowest BCUT2D eigenvalue weighted by Gasteiger charge is -2.16. The number of hydrogen-bond acceptors (Lipinski definition) is 6. The molecule has 0 unspecified atom stereocenters. The Morgan fingerprint density at radius 2 is 1.45 bits per heavy atom. The van der Waals surface area contributed by atoms with Crippen molar-refractivity contribution in [3.05, 3.63) is 65.4 Å². The molecule has 3 rings (SSSR count). The van der Waals surface area contributed by atoms with Gasteiger partial charge < -0.3 is 23.4 Å². The fraction of sp³-hybridized carbons (Fsp3) is 0.320. The van der Waals surface area contributed by atoms with E-state index in [-0.39, 0.29) is 6.61 Å². The molecule has 0 aliphatic carbocycles. The van der Waals surface area contributed by atoms with Crippen LogP contribution in [0.15, 0.2) is 52.9 Å². The standard InChI is InChI=1S/C25H28O6/c1-5-27-22-14-19(15-23(28-6-2)24(22)29-7-3)25(26)30-16-20-12-13-21(31-20)18-10-8-17(4)9-11-18/h8-15H,5-7,16H2,1-4H3. The highest BCUT2D eigenvalue weighted by molar-refractivity contribution is 5.91. The molecule has 3 aromatic rings. The summed E-state index contributed by atoms with van der Waals surface area (Å²) < 4.78 is 28.3. The number of ether oxygens (including phenoxy) is 4. The molecular formula is C25H28O6. The van der Waals surface area contributed by atoms with Gasteiger partial charge in [0.1, 0.15) is 18.1 Å². The Morgan fingerprint density at radius 1 is 0.839 bits per heavy atom. The zero-order valence-electron chi connectivity index (χ0n) is 18.4. The molecule has 164 valence electrons. The van der Waals surface area contributed by atoms with Crippen molar-refractivity contribution in [2.45, 2.75) is 34.3 Å². The topological polar surface area (TPSA) is 67.1 Å². The minimum Gasteiger partial charge on any atom is -0.490 e. The van der Waals surface area contributed by atoms with Crippen LogP contribution in [0.25, 0.3) is 11.3 Å². The Bertz CT molecular complexity index is 976. The first-order valence-corrected chi connectivity index (χ1v) is 10.4. The van der Waals surface area contributed by atoms with E-state index in [2.05, 4.69) is 0 Å². The first-order valence-electron chi connectivity index (χ1n) is 10.4. The van der Waals surface area contributed by atoms with Crippen LogP contribution in [-0.2, 0) is 11.3 Å². The number of furan rings is 1. The molecule has 0 aliphatic heterocycles. The lowest BCUT2D eigenvalue weighted by atomic mass is 10.1. The van der Waals surface area contributed by atoms with E-state index in [1.54, 1.807) is 18.2 Å². The van der Waals surface area contributed by atoms with Crippen LogP contribution in [-0.4, -0.2) is 25.8 Å². The second-order valence-corrected chi connectivity index (χ2v) is 6.81. The van der Waals surface area contributed by atoms with Crippen molar-refractivity contribution < 1.29 is 28.2 Å². The maximum absolute atomic E-state index is 12.7. The van der Waals surface area contributed by atoms with E-state index >= 15 is 0 Å². The molecule has 0 aliphatic rings. The van der Waals surface area contributed by atoms with E-state index in [1.165, 1.54) is 5.56 Å². The van der Waals surface area contributed by atoms with Crippen LogP contribution in [0.3, 0.4) is 0 Å². The third kappa shape index (κ3) is 5.60. The first-order chi connectivity index (χ1) is 15.0. The zero-order chi connectivity index (χ0) is 22.2. The van der Waals surface area contributed by atoms with Gasteiger partial charge in [0.2, 0.25) is 5.75 Å². The molecule has 0 saturated carbocycles. The van der Waals surface area contributed by atoms with Crippen LogP contribution in [0.5, 0.6) is 17.2 Å². The van der Waals surface area contributed by atoms with Crippen LogP contribution in [0.2, 0.25) is 0 Å². The van der Waals surface area contributed by atoms with Gasteiger partial charge in [-0.1, -0.05) is 29.8 Å². The van der Waals surface area contributed by atoms with Gasteiger partial charge in [-0.25, -0.2) is 4.79 Å². The Labute approximate surface area is 182 Å². The normalized spacial score (nSPS) is 10.6. The maximum Gasteiger partial charge on any atom is 0.338 e. The molecule has 0 spiro atoms. The number of benzene rings is 2. The average Bonchev–Trinajstić information content (AvgIpc) is 3.24. The van der Waals surface area contributed by atoms with Crippen LogP contribution in [0.1, 0.15) is 42.5 Å². The smallest absolute Gasteiger partial charge is 0.338 e. The second-order valence-electron chi connectivity index (χ2n) is 6.81. The summed E-state index contributed by atoms with van der Waals surface area (Å²) in [5, 5.41) is 0. The third-order valence-electron chi connectivity index (χ3n) is 4.49. The zero-order valence-corrected chi connectivity index (χ0v) is 18.4. The fourth-order valence-electron chi connectivity index (χ4n) is 3.06. The number of rotatable bonds is 10. The molecule has 1 heterocycles. The summed E-state index contributed by atoms with van der Waals surface area (Å²) in [7, 11) is 0. The Balaban J connectivity index is 1.74. The first kappa shape index (κ1) is 22.3. The Hall–Kier alpha value is -3.41. The summed E-state index contributed by atoms with van der Waals surface area (Å²) in [6.07, 6.45) is 0. The Morgan fingerprint density at radius 3 is 2.03 bits per heavy atom. The molecule has 0 bridgehead atoms. The van der Waals surface area contributed by atoms with E-state index in [0.29, 0.717) is 48.4 Å². The number of carbonyl (C=O) groups is 1. The number of aryl methyl sites for hydroxylation is 1. The maximum atomic E-state index is 12.7. The molecule has 0 saturated heterocycles. The van der Waals surface area contributed by atoms with Gasteiger partial charge >= 0.3 is 5.97 Å². The van der Waals surface area contributed by atoms with Crippen LogP contribution >= 0.6 is 0 Å². The molecule has 2 aromatic carbocycles. The lowest BCUT2D eigenvalue weighted by Crippen LogP contribution is -2.08.